The van der Waals surface area contributed by atoms with Gasteiger partial charge in [-0.15, -0.1) is 0 Å². The number of anilines is 1. The maximum Gasteiger partial charge on any atom is 0.337 e. The molecule has 0 radical (unpaired) electrons. The highest BCUT2D eigenvalue weighted by atomic mass is 16.5. The van der Waals surface area contributed by atoms with Gasteiger partial charge in [-0.25, -0.2) is 4.79 Å². The number of aromatic nitrogens is 2. The Labute approximate surface area is 129 Å². The van der Waals surface area contributed by atoms with Gasteiger partial charge in [-0.2, -0.15) is 5.10 Å². The van der Waals surface area contributed by atoms with Gasteiger partial charge in [-0.3, -0.25) is 9.48 Å². The van der Waals surface area contributed by atoms with Crippen LogP contribution in [0, 0.1) is 6.92 Å². The summed E-state index contributed by atoms with van der Waals surface area (Å²) in [6.07, 6.45) is 2.18. The molecule has 0 fully saturated rings. The molecule has 6 heteroatoms. The Balaban J connectivity index is 1.93. The number of aryl methyl sites for hydroxylation is 1. The number of carbonyl (C=O) groups excluding carboxylic acids is 2. The third kappa shape index (κ3) is 3.94. The van der Waals surface area contributed by atoms with Crippen molar-refractivity contribution in [2.75, 3.05) is 12.4 Å². The summed E-state index contributed by atoms with van der Waals surface area (Å²) >= 11 is 0. The molecule has 0 aliphatic heterocycles. The molecule has 1 aromatic carbocycles. The van der Waals surface area contributed by atoms with E-state index in [2.05, 4.69) is 15.2 Å². The number of hydrogen-bond acceptors (Lipinski definition) is 4. The fourth-order valence-electron chi connectivity index (χ4n) is 2.06. The molecule has 22 heavy (non-hydrogen) atoms. The Kier molecular flexibility index (Phi) is 4.93. The van der Waals surface area contributed by atoms with E-state index < -0.39 is 5.97 Å². The van der Waals surface area contributed by atoms with Crippen LogP contribution < -0.4 is 5.32 Å². The number of amides is 1. The van der Waals surface area contributed by atoms with Crippen LogP contribution in [-0.2, 0) is 9.53 Å². The van der Waals surface area contributed by atoms with Gasteiger partial charge in [0.2, 0.25) is 5.91 Å². The lowest BCUT2D eigenvalue weighted by atomic mass is 10.2. The van der Waals surface area contributed by atoms with E-state index in [0.717, 1.165) is 5.69 Å². The highest BCUT2D eigenvalue weighted by molar-refractivity contribution is 5.93. The normalized spacial score (nSPS) is 11.8. The highest BCUT2D eigenvalue weighted by Gasteiger charge is 2.12. The second kappa shape index (κ2) is 6.89. The zero-order valence-corrected chi connectivity index (χ0v) is 12.9. The first-order valence-electron chi connectivity index (χ1n) is 6.99. The molecule has 2 rings (SSSR count). The van der Waals surface area contributed by atoms with Crippen molar-refractivity contribution in [1.82, 2.24) is 9.78 Å². The molecule has 1 N–H and O–H groups in total. The maximum atomic E-state index is 12.0. The number of esters is 1. The van der Waals surface area contributed by atoms with Gasteiger partial charge < -0.3 is 10.1 Å². The van der Waals surface area contributed by atoms with Crippen molar-refractivity contribution in [3.05, 3.63) is 47.8 Å². The van der Waals surface area contributed by atoms with E-state index in [9.17, 15) is 9.59 Å². The van der Waals surface area contributed by atoms with Gasteiger partial charge in [-0.1, -0.05) is 0 Å². The molecule has 1 amide bonds. The fourth-order valence-corrected chi connectivity index (χ4v) is 2.06. The van der Waals surface area contributed by atoms with Gasteiger partial charge in [0, 0.05) is 18.3 Å². The summed E-state index contributed by atoms with van der Waals surface area (Å²) in [6, 6.07) is 8.45. The van der Waals surface area contributed by atoms with Crippen molar-refractivity contribution in [2.24, 2.45) is 0 Å². The second-order valence-electron chi connectivity index (χ2n) is 5.11. The van der Waals surface area contributed by atoms with Gasteiger partial charge in [0.15, 0.2) is 0 Å². The Morgan fingerprint density at radius 1 is 1.27 bits per heavy atom. The van der Waals surface area contributed by atoms with Crippen LogP contribution in [0.3, 0.4) is 0 Å². The van der Waals surface area contributed by atoms with Crippen LogP contribution in [0.15, 0.2) is 36.5 Å². The summed E-state index contributed by atoms with van der Waals surface area (Å²) < 4.78 is 6.40. The molecular formula is C16H19N3O3. The van der Waals surface area contributed by atoms with Gasteiger partial charge in [-0.05, 0) is 44.2 Å². The van der Waals surface area contributed by atoms with E-state index in [1.807, 2.05) is 26.1 Å². The number of nitrogens with one attached hydrogen (secondary N) is 1. The summed E-state index contributed by atoms with van der Waals surface area (Å²) in [7, 11) is 1.33. The van der Waals surface area contributed by atoms with E-state index >= 15 is 0 Å². The first kappa shape index (κ1) is 15.8. The number of rotatable bonds is 5. The van der Waals surface area contributed by atoms with Crippen molar-refractivity contribution in [3.63, 3.8) is 0 Å². The lowest BCUT2D eigenvalue weighted by molar-refractivity contribution is -0.116. The van der Waals surface area contributed by atoms with Crippen LogP contribution in [0.4, 0.5) is 5.69 Å². The lowest BCUT2D eigenvalue weighted by Crippen LogP contribution is -2.18. The first-order valence-corrected chi connectivity index (χ1v) is 6.99. The Bertz CT molecular complexity index is 662. The highest BCUT2D eigenvalue weighted by Crippen LogP contribution is 2.14. The molecule has 0 saturated carbocycles. The first-order chi connectivity index (χ1) is 10.5. The van der Waals surface area contributed by atoms with Crippen LogP contribution in [0.25, 0.3) is 0 Å². The number of nitrogens with zero attached hydrogens (tertiary/aromatic N) is 2. The predicted octanol–water partition coefficient (Wildman–Crippen LogP) is 2.57. The van der Waals surface area contributed by atoms with Crippen molar-refractivity contribution in [1.29, 1.82) is 0 Å². The SMILES string of the molecule is COC(=O)c1ccc(NC(=O)C[C@H](C)n2ccc(C)n2)cc1. The van der Waals surface area contributed by atoms with E-state index in [1.165, 1.54) is 7.11 Å². The van der Waals surface area contributed by atoms with Crippen LogP contribution in [0.1, 0.15) is 35.4 Å². The predicted molar refractivity (Wildman–Crippen MR) is 82.7 cm³/mol. The molecule has 0 saturated heterocycles. The van der Waals surface area contributed by atoms with E-state index in [4.69, 9.17) is 0 Å². The summed E-state index contributed by atoms with van der Waals surface area (Å²) in [4.78, 5) is 23.4. The smallest absolute Gasteiger partial charge is 0.337 e. The molecule has 1 heterocycles. The molecular weight excluding hydrogens is 282 g/mol. The Morgan fingerprint density at radius 2 is 1.95 bits per heavy atom. The molecule has 6 nitrogen and oxygen atoms in total. The minimum atomic E-state index is -0.402. The molecule has 0 aliphatic carbocycles. The molecule has 1 atom stereocenters. The van der Waals surface area contributed by atoms with Gasteiger partial charge >= 0.3 is 5.97 Å². The second-order valence-corrected chi connectivity index (χ2v) is 5.11. The molecule has 0 bridgehead atoms. The van der Waals surface area contributed by atoms with Crippen LogP contribution in [0.2, 0.25) is 0 Å². The van der Waals surface area contributed by atoms with E-state index in [0.29, 0.717) is 17.7 Å². The van der Waals surface area contributed by atoms with E-state index in [1.54, 1.807) is 28.9 Å². The number of methoxy groups -OCH3 is 1. The third-order valence-electron chi connectivity index (χ3n) is 3.26. The monoisotopic (exact) mass is 301 g/mol. The maximum absolute atomic E-state index is 12.0. The number of benzene rings is 1. The Hall–Kier alpha value is -2.63. The number of ether oxygens (including phenoxy) is 1. The summed E-state index contributed by atoms with van der Waals surface area (Å²) in [5, 5.41) is 7.10. The van der Waals surface area contributed by atoms with Gasteiger partial charge in [0.1, 0.15) is 0 Å². The van der Waals surface area contributed by atoms with Gasteiger partial charge in [0.05, 0.1) is 24.4 Å². The lowest BCUT2D eigenvalue weighted by Gasteiger charge is -2.12. The third-order valence-corrected chi connectivity index (χ3v) is 3.26. The topological polar surface area (TPSA) is 73.2 Å². The molecule has 116 valence electrons. The van der Waals surface area contributed by atoms with Crippen molar-refractivity contribution in [2.45, 2.75) is 26.3 Å². The largest absolute Gasteiger partial charge is 0.465 e. The van der Waals surface area contributed by atoms with Crippen LogP contribution in [0.5, 0.6) is 0 Å². The van der Waals surface area contributed by atoms with E-state index in [-0.39, 0.29) is 11.9 Å². The summed E-state index contributed by atoms with van der Waals surface area (Å²) in [5.74, 6) is -0.507. The molecule has 0 spiro atoms. The minimum Gasteiger partial charge on any atom is -0.465 e. The van der Waals surface area contributed by atoms with Crippen LogP contribution >= 0.6 is 0 Å². The molecule has 2 aromatic rings. The van der Waals surface area contributed by atoms with Gasteiger partial charge in [0.25, 0.3) is 0 Å². The number of hydrogen-bond donors (Lipinski definition) is 1. The zero-order chi connectivity index (χ0) is 16.1. The zero-order valence-electron chi connectivity index (χ0n) is 12.9. The molecule has 1 aromatic heterocycles. The summed E-state index contributed by atoms with van der Waals surface area (Å²) in [6.45, 7) is 3.85. The van der Waals surface area contributed by atoms with Crippen molar-refractivity contribution in [3.8, 4) is 0 Å². The fraction of sp³-hybridized carbons (Fsp3) is 0.312. The van der Waals surface area contributed by atoms with Crippen LogP contribution in [-0.4, -0.2) is 28.8 Å². The van der Waals surface area contributed by atoms with Crippen molar-refractivity contribution >= 4 is 17.6 Å². The average Bonchev–Trinajstić information content (AvgIpc) is 2.94. The number of carbonyl (C=O) groups is 2. The minimum absolute atomic E-state index is 0.0250. The van der Waals surface area contributed by atoms with Crippen molar-refractivity contribution < 1.29 is 14.3 Å². The average molecular weight is 301 g/mol. The quantitative estimate of drug-likeness (QED) is 0.861. The summed E-state index contributed by atoms with van der Waals surface area (Å²) in [5.41, 5.74) is 2.01. The Morgan fingerprint density at radius 3 is 2.50 bits per heavy atom. The standard InChI is InChI=1S/C16H19N3O3/c1-11-8-9-19(18-11)12(2)10-15(20)17-14-6-4-13(5-7-14)16(21)22-3/h4-9,12H,10H2,1-3H3,(H,17,20)/t12-/m0/s1. The molecule has 0 aliphatic rings. The molecule has 0 unspecified atom stereocenters.